The molecule has 1 heterocycles. The molecule has 0 spiro atoms. The molecule has 17 heavy (non-hydrogen) atoms. The SMILES string of the molecule is Cc1ccccc1CC(O)c1c(Br)cnn1C. The van der Waals surface area contributed by atoms with Crippen LogP contribution in [0.1, 0.15) is 22.9 Å². The lowest BCUT2D eigenvalue weighted by atomic mass is 10.0. The van der Waals surface area contributed by atoms with Crippen molar-refractivity contribution in [3.63, 3.8) is 0 Å². The van der Waals surface area contributed by atoms with Crippen molar-refractivity contribution in [1.29, 1.82) is 0 Å². The Kier molecular flexibility index (Phi) is 3.64. The van der Waals surface area contributed by atoms with Crippen LogP contribution in [0.5, 0.6) is 0 Å². The predicted molar refractivity (Wildman–Crippen MR) is 70.8 cm³/mol. The highest BCUT2D eigenvalue weighted by Gasteiger charge is 2.17. The monoisotopic (exact) mass is 294 g/mol. The molecule has 0 saturated heterocycles. The quantitative estimate of drug-likeness (QED) is 0.945. The molecule has 1 aromatic heterocycles. The second kappa shape index (κ2) is 5.02. The Hall–Kier alpha value is -1.13. The van der Waals surface area contributed by atoms with Crippen molar-refractivity contribution in [2.45, 2.75) is 19.4 Å². The van der Waals surface area contributed by atoms with Crippen LogP contribution in [0.15, 0.2) is 34.9 Å². The van der Waals surface area contributed by atoms with Gasteiger partial charge in [-0.15, -0.1) is 0 Å². The lowest BCUT2D eigenvalue weighted by Gasteiger charge is -2.13. The van der Waals surface area contributed by atoms with Gasteiger partial charge < -0.3 is 5.11 Å². The molecule has 1 unspecified atom stereocenters. The summed E-state index contributed by atoms with van der Waals surface area (Å²) >= 11 is 3.41. The van der Waals surface area contributed by atoms with Gasteiger partial charge in [-0.25, -0.2) is 0 Å². The summed E-state index contributed by atoms with van der Waals surface area (Å²) in [6.07, 6.45) is 1.76. The van der Waals surface area contributed by atoms with Crippen molar-refractivity contribution in [1.82, 2.24) is 9.78 Å². The van der Waals surface area contributed by atoms with Crippen LogP contribution in [0, 0.1) is 6.92 Å². The maximum atomic E-state index is 10.3. The minimum absolute atomic E-state index is 0.544. The second-order valence-electron chi connectivity index (χ2n) is 4.15. The third kappa shape index (κ3) is 2.58. The van der Waals surface area contributed by atoms with Gasteiger partial charge in [0.15, 0.2) is 0 Å². The lowest BCUT2D eigenvalue weighted by molar-refractivity contribution is 0.167. The first-order valence-corrected chi connectivity index (χ1v) is 6.29. The number of benzene rings is 1. The topological polar surface area (TPSA) is 38.1 Å². The summed E-state index contributed by atoms with van der Waals surface area (Å²) in [5.74, 6) is 0. The van der Waals surface area contributed by atoms with E-state index in [1.54, 1.807) is 10.9 Å². The van der Waals surface area contributed by atoms with E-state index in [1.807, 2.05) is 25.2 Å². The molecular formula is C13H15BrN2O. The van der Waals surface area contributed by atoms with Gasteiger partial charge in [-0.2, -0.15) is 5.10 Å². The molecule has 2 rings (SSSR count). The summed E-state index contributed by atoms with van der Waals surface area (Å²) in [6, 6.07) is 8.10. The number of aliphatic hydroxyl groups is 1. The Bertz CT molecular complexity index is 502. The van der Waals surface area contributed by atoms with Crippen LogP contribution in [0.25, 0.3) is 0 Å². The first-order valence-electron chi connectivity index (χ1n) is 5.49. The molecule has 0 aliphatic carbocycles. The van der Waals surface area contributed by atoms with E-state index >= 15 is 0 Å². The zero-order valence-electron chi connectivity index (χ0n) is 9.89. The molecule has 90 valence electrons. The fraction of sp³-hybridized carbons (Fsp3) is 0.308. The summed E-state index contributed by atoms with van der Waals surface area (Å²) < 4.78 is 2.55. The van der Waals surface area contributed by atoms with E-state index < -0.39 is 6.10 Å². The minimum atomic E-state index is -0.544. The molecule has 0 saturated carbocycles. The smallest absolute Gasteiger partial charge is 0.101 e. The molecule has 1 N–H and O–H groups in total. The average Bonchev–Trinajstić information content (AvgIpc) is 2.62. The maximum Gasteiger partial charge on any atom is 0.101 e. The van der Waals surface area contributed by atoms with E-state index in [1.165, 1.54) is 5.56 Å². The van der Waals surface area contributed by atoms with Gasteiger partial charge in [0.1, 0.15) is 6.10 Å². The van der Waals surface area contributed by atoms with Gasteiger partial charge in [0.2, 0.25) is 0 Å². The van der Waals surface area contributed by atoms with Crippen LogP contribution in [0.2, 0.25) is 0 Å². The molecule has 1 atom stereocenters. The van der Waals surface area contributed by atoms with E-state index in [-0.39, 0.29) is 0 Å². The number of rotatable bonds is 3. The molecular weight excluding hydrogens is 280 g/mol. The van der Waals surface area contributed by atoms with Crippen molar-refractivity contribution in [3.8, 4) is 0 Å². The normalized spacial score (nSPS) is 12.7. The van der Waals surface area contributed by atoms with Crippen LogP contribution in [-0.2, 0) is 13.5 Å². The van der Waals surface area contributed by atoms with Crippen molar-refractivity contribution in [2.75, 3.05) is 0 Å². The van der Waals surface area contributed by atoms with Crippen molar-refractivity contribution in [3.05, 3.63) is 51.8 Å². The maximum absolute atomic E-state index is 10.3. The summed E-state index contributed by atoms with van der Waals surface area (Å²) in [5.41, 5.74) is 3.17. The Morgan fingerprint density at radius 2 is 2.12 bits per heavy atom. The third-order valence-electron chi connectivity index (χ3n) is 2.93. The molecule has 0 aliphatic rings. The van der Waals surface area contributed by atoms with E-state index in [2.05, 4.69) is 34.0 Å². The molecule has 0 aliphatic heterocycles. The van der Waals surface area contributed by atoms with E-state index in [0.717, 1.165) is 15.7 Å². The highest BCUT2D eigenvalue weighted by Crippen LogP contribution is 2.26. The summed E-state index contributed by atoms with van der Waals surface area (Å²) in [6.45, 7) is 2.06. The first kappa shape index (κ1) is 12.3. The minimum Gasteiger partial charge on any atom is -0.386 e. The van der Waals surface area contributed by atoms with E-state index in [0.29, 0.717) is 6.42 Å². The highest BCUT2D eigenvalue weighted by atomic mass is 79.9. The Balaban J connectivity index is 2.23. The molecule has 0 amide bonds. The Morgan fingerprint density at radius 3 is 2.71 bits per heavy atom. The molecule has 4 heteroatoms. The fourth-order valence-corrected chi connectivity index (χ4v) is 2.55. The number of halogens is 1. The molecule has 1 aromatic carbocycles. The number of hydrogen-bond donors (Lipinski definition) is 1. The van der Waals surface area contributed by atoms with Crippen LogP contribution in [0.4, 0.5) is 0 Å². The van der Waals surface area contributed by atoms with Crippen molar-refractivity contribution < 1.29 is 5.11 Å². The predicted octanol–water partition coefficient (Wildman–Crippen LogP) is 2.77. The van der Waals surface area contributed by atoms with Gasteiger partial charge in [-0.1, -0.05) is 24.3 Å². The zero-order chi connectivity index (χ0) is 12.4. The van der Waals surface area contributed by atoms with Crippen LogP contribution in [-0.4, -0.2) is 14.9 Å². The summed E-state index contributed by atoms with van der Waals surface area (Å²) in [5, 5.41) is 14.4. The van der Waals surface area contributed by atoms with Crippen molar-refractivity contribution in [2.24, 2.45) is 7.05 Å². The number of nitrogens with zero attached hydrogens (tertiary/aromatic N) is 2. The Labute approximate surface area is 109 Å². The van der Waals surface area contributed by atoms with Crippen LogP contribution < -0.4 is 0 Å². The molecule has 0 fully saturated rings. The molecule has 0 bridgehead atoms. The summed E-state index contributed by atoms with van der Waals surface area (Å²) in [7, 11) is 1.83. The van der Waals surface area contributed by atoms with Gasteiger partial charge >= 0.3 is 0 Å². The van der Waals surface area contributed by atoms with Gasteiger partial charge in [0.05, 0.1) is 16.4 Å². The van der Waals surface area contributed by atoms with Crippen LogP contribution in [0.3, 0.4) is 0 Å². The molecule has 2 aromatic rings. The van der Waals surface area contributed by atoms with Crippen molar-refractivity contribution >= 4 is 15.9 Å². The number of aromatic nitrogens is 2. The average molecular weight is 295 g/mol. The number of aryl methyl sites for hydroxylation is 2. The first-order chi connectivity index (χ1) is 8.09. The fourth-order valence-electron chi connectivity index (χ4n) is 1.94. The largest absolute Gasteiger partial charge is 0.386 e. The Morgan fingerprint density at radius 1 is 1.41 bits per heavy atom. The lowest BCUT2D eigenvalue weighted by Crippen LogP contribution is -2.09. The van der Waals surface area contributed by atoms with Gasteiger partial charge in [-0.05, 0) is 34.0 Å². The van der Waals surface area contributed by atoms with Gasteiger partial charge in [-0.3, -0.25) is 4.68 Å². The van der Waals surface area contributed by atoms with Crippen LogP contribution >= 0.6 is 15.9 Å². The third-order valence-corrected chi connectivity index (χ3v) is 3.54. The van der Waals surface area contributed by atoms with E-state index in [9.17, 15) is 5.11 Å². The van der Waals surface area contributed by atoms with Gasteiger partial charge in [0.25, 0.3) is 0 Å². The standard InChI is InChI=1S/C13H15BrN2O/c1-9-5-3-4-6-10(9)7-12(17)13-11(14)8-15-16(13)2/h3-6,8,12,17H,7H2,1-2H3. The van der Waals surface area contributed by atoms with E-state index in [4.69, 9.17) is 0 Å². The number of aliphatic hydroxyl groups excluding tert-OH is 1. The molecule has 0 radical (unpaired) electrons. The number of hydrogen-bond acceptors (Lipinski definition) is 2. The zero-order valence-corrected chi connectivity index (χ0v) is 11.5. The highest BCUT2D eigenvalue weighted by molar-refractivity contribution is 9.10. The van der Waals surface area contributed by atoms with Gasteiger partial charge in [0, 0.05) is 13.5 Å². The molecule has 3 nitrogen and oxygen atoms in total. The second-order valence-corrected chi connectivity index (χ2v) is 5.00. The summed E-state index contributed by atoms with van der Waals surface area (Å²) in [4.78, 5) is 0.